The fourth-order valence-corrected chi connectivity index (χ4v) is 2.81. The van der Waals surface area contributed by atoms with E-state index in [2.05, 4.69) is 0 Å². The summed E-state index contributed by atoms with van der Waals surface area (Å²) < 4.78 is 5.70. The Balaban J connectivity index is 1.86. The minimum atomic E-state index is -0.0229. The lowest BCUT2D eigenvalue weighted by Gasteiger charge is -2.23. The van der Waals surface area contributed by atoms with Crippen molar-refractivity contribution >= 4 is 34.8 Å². The molecule has 2 rings (SSSR count). The Kier molecular flexibility index (Phi) is 5.62. The van der Waals surface area contributed by atoms with Crippen molar-refractivity contribution in [3.63, 3.8) is 0 Å². The zero-order valence-electron chi connectivity index (χ0n) is 10.2. The quantitative estimate of drug-likeness (QED) is 0.656. The maximum absolute atomic E-state index is 6.39. The largest absolute Gasteiger partial charge is 0.378 e. The van der Waals surface area contributed by atoms with Crippen LogP contribution in [0, 0.1) is 0 Å². The lowest BCUT2D eigenvalue weighted by Crippen LogP contribution is -2.19. The van der Waals surface area contributed by atoms with Crippen molar-refractivity contribution in [1.82, 2.24) is 0 Å². The Labute approximate surface area is 123 Å². The molecule has 0 amide bonds. The number of rotatable bonds is 4. The van der Waals surface area contributed by atoms with E-state index in [0.29, 0.717) is 16.1 Å². The Hall–Kier alpha value is 0.0500. The third-order valence-corrected chi connectivity index (χ3v) is 4.53. The molecule has 1 aliphatic rings. The standard InChI is InChI=1S/C14H17Cl3O/c15-12(7-5-11-3-1-2-8-18-11)10-4-6-13(16)14(17)9-10/h4,6,9,11-12H,1-3,5,7-8H2. The number of hydrogen-bond acceptors (Lipinski definition) is 1. The molecule has 0 aromatic heterocycles. The summed E-state index contributed by atoms with van der Waals surface area (Å²) in [4.78, 5) is 0. The second-order valence-electron chi connectivity index (χ2n) is 4.71. The third-order valence-electron chi connectivity index (χ3n) is 3.32. The van der Waals surface area contributed by atoms with Gasteiger partial charge in [-0.25, -0.2) is 0 Å². The van der Waals surface area contributed by atoms with Gasteiger partial charge < -0.3 is 4.74 Å². The summed E-state index contributed by atoms with van der Waals surface area (Å²) >= 11 is 18.3. The fraction of sp³-hybridized carbons (Fsp3) is 0.571. The number of hydrogen-bond donors (Lipinski definition) is 0. The van der Waals surface area contributed by atoms with Gasteiger partial charge in [0, 0.05) is 6.61 Å². The average molecular weight is 308 g/mol. The van der Waals surface area contributed by atoms with E-state index in [4.69, 9.17) is 39.5 Å². The van der Waals surface area contributed by atoms with Gasteiger partial charge in [0.2, 0.25) is 0 Å². The molecule has 2 unspecified atom stereocenters. The molecule has 4 heteroatoms. The van der Waals surface area contributed by atoms with Crippen molar-refractivity contribution < 1.29 is 4.74 Å². The smallest absolute Gasteiger partial charge is 0.0595 e. The van der Waals surface area contributed by atoms with Crippen LogP contribution in [0.5, 0.6) is 0 Å². The normalized spacial score (nSPS) is 21.8. The highest BCUT2D eigenvalue weighted by Crippen LogP contribution is 2.32. The number of ether oxygens (including phenoxy) is 1. The van der Waals surface area contributed by atoms with Crippen molar-refractivity contribution in [2.24, 2.45) is 0 Å². The first-order valence-electron chi connectivity index (χ1n) is 6.37. The molecule has 1 saturated heterocycles. The van der Waals surface area contributed by atoms with Crippen LogP contribution >= 0.6 is 34.8 Å². The molecule has 1 aromatic carbocycles. The maximum Gasteiger partial charge on any atom is 0.0595 e. The third kappa shape index (κ3) is 4.03. The molecule has 0 radical (unpaired) electrons. The molecule has 18 heavy (non-hydrogen) atoms. The maximum atomic E-state index is 6.39. The van der Waals surface area contributed by atoms with Crippen LogP contribution in [0.25, 0.3) is 0 Å². The molecular formula is C14H17Cl3O. The molecule has 1 aliphatic heterocycles. The highest BCUT2D eigenvalue weighted by molar-refractivity contribution is 6.42. The molecule has 1 aromatic rings. The molecule has 0 bridgehead atoms. The van der Waals surface area contributed by atoms with E-state index < -0.39 is 0 Å². The van der Waals surface area contributed by atoms with Crippen molar-refractivity contribution in [3.05, 3.63) is 33.8 Å². The minimum absolute atomic E-state index is 0.0229. The Morgan fingerprint density at radius 1 is 1.22 bits per heavy atom. The van der Waals surface area contributed by atoms with Gasteiger partial charge in [-0.1, -0.05) is 29.3 Å². The fourth-order valence-electron chi connectivity index (χ4n) is 2.24. The second kappa shape index (κ2) is 7.00. The predicted octanol–water partition coefficient (Wildman–Crippen LogP) is 5.62. The van der Waals surface area contributed by atoms with Crippen LogP contribution in [0.4, 0.5) is 0 Å². The molecule has 0 aliphatic carbocycles. The van der Waals surface area contributed by atoms with Gasteiger partial charge in [-0.2, -0.15) is 0 Å². The number of alkyl halides is 1. The first-order chi connectivity index (χ1) is 8.66. The molecule has 0 spiro atoms. The van der Waals surface area contributed by atoms with Crippen LogP contribution in [0.1, 0.15) is 43.0 Å². The zero-order chi connectivity index (χ0) is 13.0. The van der Waals surface area contributed by atoms with E-state index in [0.717, 1.165) is 31.4 Å². The minimum Gasteiger partial charge on any atom is -0.378 e. The summed E-state index contributed by atoms with van der Waals surface area (Å²) in [5.41, 5.74) is 1.03. The summed E-state index contributed by atoms with van der Waals surface area (Å²) in [7, 11) is 0. The monoisotopic (exact) mass is 306 g/mol. The van der Waals surface area contributed by atoms with Crippen molar-refractivity contribution in [2.75, 3.05) is 6.61 Å². The first kappa shape index (κ1) is 14.5. The van der Waals surface area contributed by atoms with Crippen molar-refractivity contribution in [1.29, 1.82) is 0 Å². The predicted molar refractivity (Wildman–Crippen MR) is 77.9 cm³/mol. The van der Waals surface area contributed by atoms with Crippen LogP contribution in [0.2, 0.25) is 10.0 Å². The Bertz CT molecular complexity index is 389. The van der Waals surface area contributed by atoms with Crippen LogP contribution in [-0.2, 0) is 4.74 Å². The Morgan fingerprint density at radius 3 is 2.72 bits per heavy atom. The van der Waals surface area contributed by atoms with E-state index in [1.54, 1.807) is 6.07 Å². The summed E-state index contributed by atoms with van der Waals surface area (Å²) in [6.45, 7) is 0.893. The summed E-state index contributed by atoms with van der Waals surface area (Å²) in [6, 6.07) is 5.59. The summed E-state index contributed by atoms with van der Waals surface area (Å²) in [5, 5.41) is 1.11. The molecule has 0 saturated carbocycles. The van der Waals surface area contributed by atoms with Gasteiger partial charge in [-0.3, -0.25) is 0 Å². The highest BCUT2D eigenvalue weighted by atomic mass is 35.5. The SMILES string of the molecule is Clc1ccc(C(Cl)CCC2CCCCO2)cc1Cl. The molecular weight excluding hydrogens is 291 g/mol. The summed E-state index contributed by atoms with van der Waals surface area (Å²) in [6.07, 6.45) is 5.91. The van der Waals surface area contributed by atoms with Crippen LogP contribution in [0.3, 0.4) is 0 Å². The molecule has 1 fully saturated rings. The summed E-state index contributed by atoms with van der Waals surface area (Å²) in [5.74, 6) is 0. The van der Waals surface area contributed by atoms with E-state index in [-0.39, 0.29) is 5.38 Å². The van der Waals surface area contributed by atoms with Gasteiger partial charge >= 0.3 is 0 Å². The van der Waals surface area contributed by atoms with Gasteiger partial charge in [-0.15, -0.1) is 11.6 Å². The van der Waals surface area contributed by atoms with Crippen LogP contribution in [0.15, 0.2) is 18.2 Å². The van der Waals surface area contributed by atoms with Crippen LogP contribution in [-0.4, -0.2) is 12.7 Å². The molecule has 0 N–H and O–H groups in total. The van der Waals surface area contributed by atoms with E-state index in [1.165, 1.54) is 12.8 Å². The van der Waals surface area contributed by atoms with Gasteiger partial charge in [0.05, 0.1) is 21.5 Å². The average Bonchev–Trinajstić information content (AvgIpc) is 2.40. The van der Waals surface area contributed by atoms with E-state index in [1.807, 2.05) is 12.1 Å². The molecule has 1 nitrogen and oxygen atoms in total. The van der Waals surface area contributed by atoms with Crippen LogP contribution < -0.4 is 0 Å². The van der Waals surface area contributed by atoms with Crippen molar-refractivity contribution in [2.45, 2.75) is 43.6 Å². The first-order valence-corrected chi connectivity index (χ1v) is 7.56. The number of halogens is 3. The van der Waals surface area contributed by atoms with Gasteiger partial charge in [0.25, 0.3) is 0 Å². The van der Waals surface area contributed by atoms with Gasteiger partial charge in [0.1, 0.15) is 0 Å². The lowest BCUT2D eigenvalue weighted by molar-refractivity contribution is 0.0100. The topological polar surface area (TPSA) is 9.23 Å². The van der Waals surface area contributed by atoms with Gasteiger partial charge in [0.15, 0.2) is 0 Å². The van der Waals surface area contributed by atoms with Gasteiger partial charge in [-0.05, 0) is 49.8 Å². The number of benzene rings is 1. The molecule has 100 valence electrons. The van der Waals surface area contributed by atoms with Crippen molar-refractivity contribution in [3.8, 4) is 0 Å². The van der Waals surface area contributed by atoms with E-state index in [9.17, 15) is 0 Å². The zero-order valence-corrected chi connectivity index (χ0v) is 12.4. The molecule has 2 atom stereocenters. The molecule has 1 heterocycles. The Morgan fingerprint density at radius 2 is 2.06 bits per heavy atom. The second-order valence-corrected chi connectivity index (χ2v) is 6.05. The van der Waals surface area contributed by atoms with E-state index >= 15 is 0 Å². The lowest BCUT2D eigenvalue weighted by atomic mass is 10.0. The highest BCUT2D eigenvalue weighted by Gasteiger charge is 2.17.